The molecular weight excluding hydrogens is 318 g/mol. The van der Waals surface area contributed by atoms with Crippen molar-refractivity contribution in [2.24, 2.45) is 0 Å². The normalized spacial score (nSPS) is 11.7. The SMILES string of the molecule is COc1c(F)cc(NC(=O)NCCC(O)c2ccccc2)cc1F. The first-order valence-corrected chi connectivity index (χ1v) is 7.32. The molecule has 0 aliphatic carbocycles. The van der Waals surface area contributed by atoms with Crippen LogP contribution >= 0.6 is 0 Å². The number of hydrogen-bond acceptors (Lipinski definition) is 3. The fourth-order valence-electron chi connectivity index (χ4n) is 2.17. The molecular formula is C17H18F2N2O3. The molecule has 7 heteroatoms. The van der Waals surface area contributed by atoms with Gasteiger partial charge in [0.05, 0.1) is 13.2 Å². The molecule has 5 nitrogen and oxygen atoms in total. The predicted octanol–water partition coefficient (Wildman–Crippen LogP) is 3.22. The van der Waals surface area contributed by atoms with Crippen LogP contribution in [0.3, 0.4) is 0 Å². The minimum atomic E-state index is -0.910. The number of aliphatic hydroxyl groups is 1. The van der Waals surface area contributed by atoms with Gasteiger partial charge in [-0.05, 0) is 12.0 Å². The number of urea groups is 1. The van der Waals surface area contributed by atoms with Gasteiger partial charge in [-0.2, -0.15) is 0 Å². The first-order valence-electron chi connectivity index (χ1n) is 7.32. The standard InChI is InChI=1S/C17H18F2N2O3/c1-24-16-13(18)9-12(10-14(16)19)21-17(23)20-8-7-15(22)11-5-3-2-4-6-11/h2-6,9-10,15,22H,7-8H2,1H3,(H2,20,21,23). The monoisotopic (exact) mass is 336 g/mol. The maximum atomic E-state index is 13.5. The Morgan fingerprint density at radius 3 is 2.42 bits per heavy atom. The van der Waals surface area contributed by atoms with E-state index in [4.69, 9.17) is 0 Å². The van der Waals surface area contributed by atoms with Gasteiger partial charge in [-0.3, -0.25) is 0 Å². The third-order valence-corrected chi connectivity index (χ3v) is 3.35. The highest BCUT2D eigenvalue weighted by Gasteiger charge is 2.13. The quantitative estimate of drug-likeness (QED) is 0.758. The fourth-order valence-corrected chi connectivity index (χ4v) is 2.17. The van der Waals surface area contributed by atoms with Gasteiger partial charge in [0.1, 0.15) is 0 Å². The largest absolute Gasteiger partial charge is 0.491 e. The molecule has 1 unspecified atom stereocenters. The summed E-state index contributed by atoms with van der Waals surface area (Å²) in [5.41, 5.74) is 0.714. The lowest BCUT2D eigenvalue weighted by Crippen LogP contribution is -2.30. The first kappa shape index (κ1) is 17.7. The van der Waals surface area contributed by atoms with E-state index in [0.717, 1.165) is 24.8 Å². The summed E-state index contributed by atoms with van der Waals surface area (Å²) in [5.74, 6) is -2.33. The average molecular weight is 336 g/mol. The number of amides is 2. The summed E-state index contributed by atoms with van der Waals surface area (Å²) in [6.45, 7) is 0.197. The number of rotatable bonds is 6. The van der Waals surface area contributed by atoms with E-state index in [9.17, 15) is 18.7 Å². The van der Waals surface area contributed by atoms with Gasteiger partial charge in [0.25, 0.3) is 0 Å². The molecule has 1 atom stereocenters. The van der Waals surface area contributed by atoms with E-state index in [1.807, 2.05) is 18.2 Å². The van der Waals surface area contributed by atoms with Gasteiger partial charge in [0, 0.05) is 24.4 Å². The maximum Gasteiger partial charge on any atom is 0.319 e. The Labute approximate surface area is 138 Å². The molecule has 2 aromatic rings. The van der Waals surface area contributed by atoms with E-state index < -0.39 is 29.5 Å². The van der Waals surface area contributed by atoms with Gasteiger partial charge in [-0.25, -0.2) is 13.6 Å². The molecule has 2 aromatic carbocycles. The number of benzene rings is 2. The van der Waals surface area contributed by atoms with E-state index in [2.05, 4.69) is 15.4 Å². The maximum absolute atomic E-state index is 13.5. The van der Waals surface area contributed by atoms with Gasteiger partial charge in [0.2, 0.25) is 0 Å². The van der Waals surface area contributed by atoms with Crippen LogP contribution in [0.1, 0.15) is 18.1 Å². The molecule has 0 bridgehead atoms. The third-order valence-electron chi connectivity index (χ3n) is 3.35. The highest BCUT2D eigenvalue weighted by Crippen LogP contribution is 2.25. The molecule has 0 aliphatic rings. The number of anilines is 1. The van der Waals surface area contributed by atoms with Gasteiger partial charge in [-0.15, -0.1) is 0 Å². The Bertz CT molecular complexity index is 672. The van der Waals surface area contributed by atoms with Crippen molar-refractivity contribution in [3.8, 4) is 5.75 Å². The van der Waals surface area contributed by atoms with E-state index in [0.29, 0.717) is 6.42 Å². The molecule has 3 N–H and O–H groups in total. The van der Waals surface area contributed by atoms with Crippen LogP contribution in [-0.4, -0.2) is 24.8 Å². The minimum Gasteiger partial charge on any atom is -0.491 e. The van der Waals surface area contributed by atoms with Crippen LogP contribution < -0.4 is 15.4 Å². The van der Waals surface area contributed by atoms with Gasteiger partial charge in [0.15, 0.2) is 17.4 Å². The van der Waals surface area contributed by atoms with Crippen molar-refractivity contribution >= 4 is 11.7 Å². The molecule has 0 saturated heterocycles. The summed E-state index contributed by atoms with van der Waals surface area (Å²) in [4.78, 5) is 11.7. The summed E-state index contributed by atoms with van der Waals surface area (Å²) in [6.07, 6.45) is -0.398. The molecule has 0 aromatic heterocycles. The highest BCUT2D eigenvalue weighted by atomic mass is 19.1. The van der Waals surface area contributed by atoms with Crippen LogP contribution in [0.2, 0.25) is 0 Å². The number of methoxy groups -OCH3 is 1. The highest BCUT2D eigenvalue weighted by molar-refractivity contribution is 5.89. The molecule has 0 heterocycles. The topological polar surface area (TPSA) is 70.6 Å². The Morgan fingerprint density at radius 2 is 1.83 bits per heavy atom. The van der Waals surface area contributed by atoms with Crippen LogP contribution in [-0.2, 0) is 0 Å². The van der Waals surface area contributed by atoms with E-state index in [-0.39, 0.29) is 12.2 Å². The smallest absolute Gasteiger partial charge is 0.319 e. The molecule has 0 saturated carbocycles. The van der Waals surface area contributed by atoms with Crippen molar-refractivity contribution in [2.45, 2.75) is 12.5 Å². The first-order chi connectivity index (χ1) is 11.5. The minimum absolute atomic E-state index is 0.0353. The van der Waals surface area contributed by atoms with Gasteiger partial charge < -0.3 is 20.5 Å². The lowest BCUT2D eigenvalue weighted by Gasteiger charge is -2.12. The van der Waals surface area contributed by atoms with Gasteiger partial charge in [-0.1, -0.05) is 30.3 Å². The van der Waals surface area contributed by atoms with Crippen LogP contribution in [0.5, 0.6) is 5.75 Å². The van der Waals surface area contributed by atoms with Crippen LogP contribution in [0, 0.1) is 11.6 Å². The zero-order valence-electron chi connectivity index (χ0n) is 13.1. The molecule has 2 amide bonds. The third kappa shape index (κ3) is 4.66. The Morgan fingerprint density at radius 1 is 1.21 bits per heavy atom. The predicted molar refractivity (Wildman–Crippen MR) is 86.0 cm³/mol. The van der Waals surface area contributed by atoms with Crippen molar-refractivity contribution < 1.29 is 23.4 Å². The molecule has 24 heavy (non-hydrogen) atoms. The van der Waals surface area contributed by atoms with Crippen molar-refractivity contribution in [1.29, 1.82) is 0 Å². The molecule has 2 rings (SSSR count). The average Bonchev–Trinajstić information content (AvgIpc) is 2.55. The van der Waals surface area contributed by atoms with Crippen LogP contribution in [0.15, 0.2) is 42.5 Å². The van der Waals surface area contributed by atoms with Crippen LogP contribution in [0.4, 0.5) is 19.3 Å². The number of carbonyl (C=O) groups is 1. The summed E-state index contributed by atoms with van der Waals surface area (Å²) in [6, 6.07) is 10.3. The second-order valence-corrected chi connectivity index (χ2v) is 5.07. The zero-order chi connectivity index (χ0) is 17.5. The summed E-state index contributed by atoms with van der Waals surface area (Å²) >= 11 is 0. The number of halogens is 2. The Hall–Kier alpha value is -2.67. The number of carbonyl (C=O) groups excluding carboxylic acids is 1. The molecule has 0 fully saturated rings. The van der Waals surface area contributed by atoms with E-state index >= 15 is 0 Å². The Kier molecular flexibility index (Phi) is 6.08. The lowest BCUT2D eigenvalue weighted by molar-refractivity contribution is 0.167. The zero-order valence-corrected chi connectivity index (χ0v) is 13.1. The van der Waals surface area contributed by atoms with Crippen LogP contribution in [0.25, 0.3) is 0 Å². The van der Waals surface area contributed by atoms with Crippen molar-refractivity contribution in [2.75, 3.05) is 19.0 Å². The molecule has 128 valence electrons. The van der Waals surface area contributed by atoms with Crippen molar-refractivity contribution in [3.05, 3.63) is 59.7 Å². The summed E-state index contributed by atoms with van der Waals surface area (Å²) in [5, 5.41) is 14.8. The van der Waals surface area contributed by atoms with Crippen molar-refractivity contribution in [1.82, 2.24) is 5.32 Å². The summed E-state index contributed by atoms with van der Waals surface area (Å²) in [7, 11) is 1.15. The second-order valence-electron chi connectivity index (χ2n) is 5.07. The number of aliphatic hydroxyl groups excluding tert-OH is 1. The second kappa shape index (κ2) is 8.26. The lowest BCUT2D eigenvalue weighted by atomic mass is 10.1. The fraction of sp³-hybridized carbons (Fsp3) is 0.235. The van der Waals surface area contributed by atoms with Gasteiger partial charge >= 0.3 is 6.03 Å². The Balaban J connectivity index is 1.83. The summed E-state index contributed by atoms with van der Waals surface area (Å²) < 4.78 is 31.6. The molecule has 0 radical (unpaired) electrons. The molecule has 0 aliphatic heterocycles. The number of ether oxygens (including phenoxy) is 1. The molecule has 0 spiro atoms. The number of hydrogen-bond donors (Lipinski definition) is 3. The van der Waals surface area contributed by atoms with E-state index in [1.165, 1.54) is 0 Å². The number of nitrogens with one attached hydrogen (secondary N) is 2. The van der Waals surface area contributed by atoms with Crippen molar-refractivity contribution in [3.63, 3.8) is 0 Å². The van der Waals surface area contributed by atoms with E-state index in [1.54, 1.807) is 12.1 Å².